The van der Waals surface area contributed by atoms with Crippen molar-refractivity contribution in [2.75, 3.05) is 27.4 Å². The van der Waals surface area contributed by atoms with Crippen LogP contribution in [0.15, 0.2) is 42.5 Å². The number of hydrogen-bond acceptors (Lipinski definition) is 6. The molecule has 0 unspecified atom stereocenters. The molecule has 2 aromatic rings. The second-order valence-electron chi connectivity index (χ2n) is 5.95. The zero-order valence-electron chi connectivity index (χ0n) is 16.8. The van der Waals surface area contributed by atoms with Crippen molar-refractivity contribution in [3.8, 4) is 23.0 Å². The fourth-order valence-corrected chi connectivity index (χ4v) is 2.52. The molecule has 2 rings (SSSR count). The molecule has 0 aliphatic heterocycles. The molecule has 0 bridgehead atoms. The van der Waals surface area contributed by atoms with Crippen LogP contribution in [0.25, 0.3) is 0 Å². The summed E-state index contributed by atoms with van der Waals surface area (Å²) in [6.07, 6.45) is 0.685. The molecule has 0 fully saturated rings. The van der Waals surface area contributed by atoms with Crippen LogP contribution < -0.4 is 29.8 Å². The van der Waals surface area contributed by atoms with E-state index < -0.39 is 5.91 Å². The fraction of sp³-hybridized carbons (Fsp3) is 0.333. The van der Waals surface area contributed by atoms with Gasteiger partial charge < -0.3 is 18.9 Å². The quantitative estimate of drug-likeness (QED) is 0.592. The Morgan fingerprint density at radius 1 is 0.828 bits per heavy atom. The maximum Gasteiger partial charge on any atom is 0.276 e. The van der Waals surface area contributed by atoms with Crippen LogP contribution in [0.5, 0.6) is 23.0 Å². The van der Waals surface area contributed by atoms with Crippen LogP contribution in [0.2, 0.25) is 0 Å². The molecule has 0 radical (unpaired) electrons. The molecular weight excluding hydrogens is 376 g/mol. The zero-order valence-corrected chi connectivity index (χ0v) is 16.8. The predicted molar refractivity (Wildman–Crippen MR) is 107 cm³/mol. The number of methoxy groups -OCH3 is 2. The summed E-state index contributed by atoms with van der Waals surface area (Å²) in [5.41, 5.74) is 5.62. The molecule has 0 aromatic heterocycles. The van der Waals surface area contributed by atoms with Crippen LogP contribution in [-0.2, 0) is 16.0 Å². The van der Waals surface area contributed by atoms with E-state index in [4.69, 9.17) is 18.9 Å². The molecular formula is C21H26N2O6. The second-order valence-corrected chi connectivity index (χ2v) is 5.95. The van der Waals surface area contributed by atoms with Crippen molar-refractivity contribution >= 4 is 11.8 Å². The third-order valence-electron chi connectivity index (χ3n) is 3.94. The van der Waals surface area contributed by atoms with Crippen molar-refractivity contribution in [1.29, 1.82) is 0 Å². The first-order valence-corrected chi connectivity index (χ1v) is 9.20. The third-order valence-corrected chi connectivity index (χ3v) is 3.94. The van der Waals surface area contributed by atoms with Crippen molar-refractivity contribution in [2.45, 2.75) is 19.8 Å². The first-order valence-electron chi connectivity index (χ1n) is 9.20. The number of carbonyl (C=O) groups is 2. The number of rotatable bonds is 10. The van der Waals surface area contributed by atoms with Gasteiger partial charge in [0.15, 0.2) is 29.6 Å². The van der Waals surface area contributed by atoms with E-state index in [1.807, 2.05) is 25.1 Å². The van der Waals surface area contributed by atoms with Gasteiger partial charge in [-0.25, -0.2) is 0 Å². The Balaban J connectivity index is 1.74. The number of carbonyl (C=O) groups excluding carboxylic acids is 2. The Hall–Kier alpha value is -3.42. The Morgan fingerprint density at radius 3 is 2.14 bits per heavy atom. The van der Waals surface area contributed by atoms with Crippen molar-refractivity contribution in [2.24, 2.45) is 0 Å². The number of benzene rings is 2. The van der Waals surface area contributed by atoms with Gasteiger partial charge in [0, 0.05) is 6.42 Å². The van der Waals surface area contributed by atoms with Gasteiger partial charge in [0.05, 0.1) is 20.8 Å². The van der Waals surface area contributed by atoms with Crippen LogP contribution in [-0.4, -0.2) is 39.2 Å². The maximum absolute atomic E-state index is 12.0. The van der Waals surface area contributed by atoms with Gasteiger partial charge in [-0.1, -0.05) is 18.2 Å². The zero-order chi connectivity index (χ0) is 21.1. The Morgan fingerprint density at radius 2 is 1.48 bits per heavy atom. The summed E-state index contributed by atoms with van der Waals surface area (Å²) in [5.74, 6) is 1.45. The topological polar surface area (TPSA) is 95.1 Å². The molecule has 8 nitrogen and oxygen atoms in total. The number of nitrogens with one attached hydrogen (secondary N) is 2. The number of ether oxygens (including phenoxy) is 4. The highest BCUT2D eigenvalue weighted by molar-refractivity contribution is 5.82. The lowest BCUT2D eigenvalue weighted by Gasteiger charge is -2.12. The van der Waals surface area contributed by atoms with Crippen LogP contribution in [0.3, 0.4) is 0 Å². The van der Waals surface area contributed by atoms with Gasteiger partial charge in [0.25, 0.3) is 5.91 Å². The average molecular weight is 402 g/mol. The molecule has 0 saturated carbocycles. The highest BCUT2D eigenvalue weighted by Crippen LogP contribution is 2.28. The highest BCUT2D eigenvalue weighted by atomic mass is 16.5. The normalized spacial score (nSPS) is 10.0. The average Bonchev–Trinajstić information content (AvgIpc) is 2.75. The first-order chi connectivity index (χ1) is 14.1. The number of para-hydroxylation sites is 2. The Kier molecular flexibility index (Phi) is 8.62. The van der Waals surface area contributed by atoms with E-state index in [0.717, 1.165) is 5.56 Å². The van der Waals surface area contributed by atoms with Gasteiger partial charge in [-0.2, -0.15) is 0 Å². The van der Waals surface area contributed by atoms with Crippen LogP contribution in [0.1, 0.15) is 18.9 Å². The minimum absolute atomic E-state index is 0.198. The summed E-state index contributed by atoms with van der Waals surface area (Å²) in [6.45, 7) is 2.10. The molecule has 156 valence electrons. The molecule has 2 aromatic carbocycles. The van der Waals surface area contributed by atoms with Gasteiger partial charge in [0.1, 0.15) is 0 Å². The minimum atomic E-state index is -0.476. The fourth-order valence-electron chi connectivity index (χ4n) is 2.52. The maximum atomic E-state index is 12.0. The molecule has 2 N–H and O–H groups in total. The van der Waals surface area contributed by atoms with Crippen molar-refractivity contribution in [3.05, 3.63) is 48.0 Å². The summed E-state index contributed by atoms with van der Waals surface area (Å²) in [7, 11) is 3.12. The van der Waals surface area contributed by atoms with Gasteiger partial charge in [-0.05, 0) is 43.2 Å². The summed E-state index contributed by atoms with van der Waals surface area (Å²) < 4.78 is 21.3. The van der Waals surface area contributed by atoms with E-state index in [1.165, 1.54) is 0 Å². The first kappa shape index (κ1) is 21.9. The molecule has 0 aliphatic carbocycles. The molecule has 0 atom stereocenters. The molecule has 0 spiro atoms. The summed E-state index contributed by atoms with van der Waals surface area (Å²) in [6, 6.07) is 12.5. The predicted octanol–water partition coefficient (Wildman–Crippen LogP) is 2.26. The molecule has 29 heavy (non-hydrogen) atoms. The number of hydrogen-bond donors (Lipinski definition) is 2. The van der Waals surface area contributed by atoms with Gasteiger partial charge >= 0.3 is 0 Å². The summed E-state index contributed by atoms with van der Waals surface area (Å²) in [4.78, 5) is 23.9. The highest BCUT2D eigenvalue weighted by Gasteiger charge is 2.10. The van der Waals surface area contributed by atoms with Crippen LogP contribution in [0.4, 0.5) is 0 Å². The molecule has 0 aliphatic rings. The largest absolute Gasteiger partial charge is 0.493 e. The Bertz CT molecular complexity index is 825. The lowest BCUT2D eigenvalue weighted by atomic mass is 10.1. The van der Waals surface area contributed by atoms with Crippen molar-refractivity contribution in [1.82, 2.24) is 10.9 Å². The van der Waals surface area contributed by atoms with E-state index in [9.17, 15) is 9.59 Å². The standard InChI is InChI=1S/C21H26N2O6/c1-4-28-17-7-5-6-8-18(17)29-14-21(25)23-22-20(24)12-10-15-9-11-16(26-2)19(13-15)27-3/h5-9,11,13H,4,10,12,14H2,1-3H3,(H,22,24)(H,23,25). The van der Waals surface area contributed by atoms with E-state index in [2.05, 4.69) is 10.9 Å². The number of aryl methyl sites for hydroxylation is 1. The molecule has 0 saturated heterocycles. The lowest BCUT2D eigenvalue weighted by molar-refractivity contribution is -0.130. The van der Waals surface area contributed by atoms with Crippen molar-refractivity contribution in [3.63, 3.8) is 0 Å². The van der Waals surface area contributed by atoms with Crippen molar-refractivity contribution < 1.29 is 28.5 Å². The minimum Gasteiger partial charge on any atom is -0.493 e. The second kappa shape index (κ2) is 11.4. The van der Waals surface area contributed by atoms with Gasteiger partial charge in [-0.15, -0.1) is 0 Å². The number of hydrazine groups is 1. The monoisotopic (exact) mass is 402 g/mol. The number of amides is 2. The Labute approximate surface area is 170 Å². The molecule has 0 heterocycles. The third kappa shape index (κ3) is 6.91. The summed E-state index contributed by atoms with van der Waals surface area (Å²) in [5, 5.41) is 0. The molecule has 2 amide bonds. The van der Waals surface area contributed by atoms with Crippen LogP contribution >= 0.6 is 0 Å². The smallest absolute Gasteiger partial charge is 0.276 e. The van der Waals surface area contributed by atoms with E-state index in [1.54, 1.807) is 38.5 Å². The van der Waals surface area contributed by atoms with Gasteiger partial charge in [0.2, 0.25) is 5.91 Å². The van der Waals surface area contributed by atoms with E-state index >= 15 is 0 Å². The SMILES string of the molecule is CCOc1ccccc1OCC(=O)NNC(=O)CCc1ccc(OC)c(OC)c1. The molecule has 8 heteroatoms. The van der Waals surface area contributed by atoms with Crippen LogP contribution in [0, 0.1) is 0 Å². The van der Waals surface area contributed by atoms with E-state index in [0.29, 0.717) is 36.0 Å². The van der Waals surface area contributed by atoms with Gasteiger partial charge in [-0.3, -0.25) is 20.4 Å². The lowest BCUT2D eigenvalue weighted by Crippen LogP contribution is -2.43. The summed E-state index contributed by atoms with van der Waals surface area (Å²) >= 11 is 0. The van der Waals surface area contributed by atoms with E-state index in [-0.39, 0.29) is 18.9 Å².